The lowest BCUT2D eigenvalue weighted by Crippen LogP contribution is -2.68. The lowest BCUT2D eigenvalue weighted by Gasteiger charge is -2.49. The molecular formula is C19H20N2OS. The smallest absolute Gasteiger partial charge is 0.223 e. The first-order valence-corrected chi connectivity index (χ1v) is 8.83. The number of rotatable bonds is 2. The highest BCUT2D eigenvalue weighted by Crippen LogP contribution is 2.52. The molecule has 1 amide bonds. The van der Waals surface area contributed by atoms with E-state index in [1.54, 1.807) is 11.3 Å². The van der Waals surface area contributed by atoms with Crippen LogP contribution < -0.4 is 10.2 Å². The summed E-state index contributed by atoms with van der Waals surface area (Å²) >= 11 is 1.71. The number of para-hydroxylation sites is 1. The summed E-state index contributed by atoms with van der Waals surface area (Å²) < 4.78 is 0. The van der Waals surface area contributed by atoms with Crippen molar-refractivity contribution in [3.05, 3.63) is 58.3 Å². The number of carbonyl (C=O) groups is 1. The minimum atomic E-state index is -0.504. The zero-order chi connectivity index (χ0) is 16.1. The van der Waals surface area contributed by atoms with Crippen LogP contribution in [0.4, 0.5) is 5.69 Å². The molecule has 2 aromatic rings. The third-order valence-corrected chi connectivity index (χ3v) is 6.01. The molecule has 2 aliphatic heterocycles. The van der Waals surface area contributed by atoms with Crippen LogP contribution in [-0.4, -0.2) is 18.1 Å². The van der Waals surface area contributed by atoms with E-state index in [1.165, 1.54) is 16.1 Å². The Bertz CT molecular complexity index is 778. The van der Waals surface area contributed by atoms with Crippen LogP contribution in [0.15, 0.2) is 47.9 Å². The zero-order valence-electron chi connectivity index (χ0n) is 13.4. The summed E-state index contributed by atoms with van der Waals surface area (Å²) in [5.74, 6) is 0.123. The van der Waals surface area contributed by atoms with Crippen LogP contribution >= 0.6 is 11.3 Å². The maximum absolute atomic E-state index is 12.2. The Morgan fingerprint density at radius 1 is 1.22 bits per heavy atom. The highest BCUT2D eigenvalue weighted by atomic mass is 32.1. The first-order chi connectivity index (χ1) is 11.0. The van der Waals surface area contributed by atoms with Gasteiger partial charge in [0.25, 0.3) is 0 Å². The number of amides is 1. The molecular weight excluding hydrogens is 304 g/mol. The quantitative estimate of drug-likeness (QED) is 0.912. The topological polar surface area (TPSA) is 32.3 Å². The number of carbonyl (C=O) groups excluding carboxylic acids is 1. The van der Waals surface area contributed by atoms with E-state index < -0.39 is 5.66 Å². The van der Waals surface area contributed by atoms with Gasteiger partial charge in [0.15, 0.2) is 0 Å². The van der Waals surface area contributed by atoms with E-state index in [-0.39, 0.29) is 11.3 Å². The number of hydrogen-bond acceptors (Lipinski definition) is 3. The summed E-state index contributed by atoms with van der Waals surface area (Å²) in [6, 6.07) is 12.6. The Morgan fingerprint density at radius 2 is 2.04 bits per heavy atom. The van der Waals surface area contributed by atoms with E-state index in [4.69, 9.17) is 0 Å². The Labute approximate surface area is 140 Å². The lowest BCUT2D eigenvalue weighted by molar-refractivity contribution is -0.124. The number of benzene rings is 1. The molecule has 0 radical (unpaired) electrons. The largest absolute Gasteiger partial charge is 0.344 e. The zero-order valence-corrected chi connectivity index (χ0v) is 14.2. The van der Waals surface area contributed by atoms with Crippen molar-refractivity contribution in [1.29, 1.82) is 0 Å². The molecule has 1 fully saturated rings. The average molecular weight is 324 g/mol. The maximum Gasteiger partial charge on any atom is 0.223 e. The van der Waals surface area contributed by atoms with Crippen LogP contribution in [0.25, 0.3) is 6.08 Å². The summed E-state index contributed by atoms with van der Waals surface area (Å²) in [6.07, 6.45) is 4.85. The first-order valence-electron chi connectivity index (χ1n) is 7.95. The number of fused-ring (bicyclic) bond motifs is 3. The third-order valence-electron chi connectivity index (χ3n) is 5.17. The van der Waals surface area contributed by atoms with Crippen molar-refractivity contribution in [2.75, 3.05) is 11.4 Å². The molecule has 0 bridgehead atoms. The monoisotopic (exact) mass is 324 g/mol. The van der Waals surface area contributed by atoms with Crippen molar-refractivity contribution < 1.29 is 4.79 Å². The number of anilines is 1. The highest BCUT2D eigenvalue weighted by Gasteiger charge is 2.57. The molecule has 118 valence electrons. The summed E-state index contributed by atoms with van der Waals surface area (Å²) in [4.78, 5) is 15.8. The lowest BCUT2D eigenvalue weighted by atomic mass is 9.74. The van der Waals surface area contributed by atoms with Gasteiger partial charge in [0.05, 0.1) is 0 Å². The fourth-order valence-corrected chi connectivity index (χ4v) is 4.53. The van der Waals surface area contributed by atoms with Gasteiger partial charge in [-0.05, 0) is 35.2 Å². The molecule has 0 aliphatic carbocycles. The maximum atomic E-state index is 12.2. The predicted molar refractivity (Wildman–Crippen MR) is 95.7 cm³/mol. The Morgan fingerprint density at radius 3 is 2.83 bits per heavy atom. The Kier molecular flexibility index (Phi) is 3.13. The van der Waals surface area contributed by atoms with Gasteiger partial charge in [-0.1, -0.05) is 38.1 Å². The molecule has 1 saturated heterocycles. The Balaban J connectivity index is 1.87. The summed E-state index contributed by atoms with van der Waals surface area (Å²) in [5.41, 5.74) is 1.81. The molecule has 1 atom stereocenters. The van der Waals surface area contributed by atoms with Crippen molar-refractivity contribution in [2.24, 2.45) is 0 Å². The molecule has 23 heavy (non-hydrogen) atoms. The molecule has 0 unspecified atom stereocenters. The average Bonchev–Trinajstić information content (AvgIpc) is 3.11. The molecule has 1 aromatic carbocycles. The predicted octanol–water partition coefficient (Wildman–Crippen LogP) is 3.78. The van der Waals surface area contributed by atoms with Crippen LogP contribution in [0.3, 0.4) is 0 Å². The molecule has 3 nitrogen and oxygen atoms in total. The normalized spacial score (nSPS) is 25.3. The van der Waals surface area contributed by atoms with Crippen LogP contribution in [0.2, 0.25) is 0 Å². The second kappa shape index (κ2) is 4.96. The second-order valence-electron chi connectivity index (χ2n) is 6.71. The fraction of sp³-hybridized carbons (Fsp3) is 0.316. The molecule has 3 heterocycles. The molecule has 1 N–H and O–H groups in total. The molecule has 4 heteroatoms. The van der Waals surface area contributed by atoms with Gasteiger partial charge < -0.3 is 10.2 Å². The minimum absolute atomic E-state index is 0.123. The van der Waals surface area contributed by atoms with Gasteiger partial charge in [-0.25, -0.2) is 0 Å². The Hall–Kier alpha value is -2.07. The van der Waals surface area contributed by atoms with Gasteiger partial charge in [-0.3, -0.25) is 4.79 Å². The minimum Gasteiger partial charge on any atom is -0.344 e. The van der Waals surface area contributed by atoms with Crippen LogP contribution in [0, 0.1) is 0 Å². The highest BCUT2D eigenvalue weighted by molar-refractivity contribution is 7.10. The van der Waals surface area contributed by atoms with Gasteiger partial charge in [0.2, 0.25) is 5.91 Å². The fourth-order valence-electron chi connectivity index (χ4n) is 3.91. The molecule has 0 spiro atoms. The van der Waals surface area contributed by atoms with Gasteiger partial charge in [0, 0.05) is 28.9 Å². The van der Waals surface area contributed by atoms with Crippen LogP contribution in [-0.2, 0) is 10.2 Å². The molecule has 2 aliphatic rings. The number of hydrogen-bond donors (Lipinski definition) is 1. The molecule has 4 rings (SSSR count). The van der Waals surface area contributed by atoms with E-state index in [0.717, 1.165) is 6.54 Å². The van der Waals surface area contributed by atoms with Crippen molar-refractivity contribution in [2.45, 2.75) is 31.3 Å². The van der Waals surface area contributed by atoms with E-state index in [1.807, 2.05) is 6.07 Å². The van der Waals surface area contributed by atoms with E-state index >= 15 is 0 Å². The van der Waals surface area contributed by atoms with E-state index in [9.17, 15) is 4.79 Å². The van der Waals surface area contributed by atoms with Gasteiger partial charge in [0.1, 0.15) is 5.66 Å². The van der Waals surface area contributed by atoms with E-state index in [2.05, 4.69) is 71.9 Å². The second-order valence-corrected chi connectivity index (χ2v) is 7.69. The summed E-state index contributed by atoms with van der Waals surface area (Å²) in [7, 11) is 0. The molecule has 0 saturated carbocycles. The number of thiophene rings is 1. The molecule has 1 aromatic heterocycles. The van der Waals surface area contributed by atoms with Crippen LogP contribution in [0.5, 0.6) is 0 Å². The third kappa shape index (κ3) is 1.98. The van der Waals surface area contributed by atoms with Gasteiger partial charge in [-0.2, -0.15) is 0 Å². The van der Waals surface area contributed by atoms with Crippen LogP contribution in [0.1, 0.15) is 30.7 Å². The summed E-state index contributed by atoms with van der Waals surface area (Å²) in [6.45, 7) is 5.19. The van der Waals surface area contributed by atoms with Crippen molar-refractivity contribution in [1.82, 2.24) is 5.32 Å². The number of nitrogens with zero attached hydrogens (tertiary/aromatic N) is 1. The van der Waals surface area contributed by atoms with Crippen molar-refractivity contribution in [3.8, 4) is 0 Å². The van der Waals surface area contributed by atoms with Crippen molar-refractivity contribution in [3.63, 3.8) is 0 Å². The standard InChI is InChI=1S/C19H20N2OS/c1-18(2)15-7-3-4-8-16(15)21-12-10-17(22)20-19(18,21)11-9-14-6-5-13-23-14/h3-9,11,13H,10,12H2,1-2H3,(H,20,22)/t19-/m1/s1. The SMILES string of the molecule is CC1(C)c2ccccc2N2CCC(=O)N[C@]21C=Cc1cccs1. The number of nitrogens with one attached hydrogen (secondary N) is 1. The van der Waals surface area contributed by atoms with E-state index in [0.29, 0.717) is 6.42 Å². The van der Waals surface area contributed by atoms with Crippen molar-refractivity contribution >= 4 is 29.0 Å². The van der Waals surface area contributed by atoms with Gasteiger partial charge >= 0.3 is 0 Å². The first kappa shape index (κ1) is 14.5. The summed E-state index contributed by atoms with van der Waals surface area (Å²) in [5, 5.41) is 5.37. The van der Waals surface area contributed by atoms with Gasteiger partial charge in [-0.15, -0.1) is 11.3 Å².